The Kier molecular flexibility index (Phi) is 6.84. The predicted molar refractivity (Wildman–Crippen MR) is 202 cm³/mol. The first kappa shape index (κ1) is 27.9. The SMILES string of the molecule is c1ccc(-c2cc(-c3ccccc3-c3ccccc3-c3ccc4c5ccccc5c5ccccc5c4c3)nc(-c3ccccc3)n2)cc1. The summed E-state index contributed by atoms with van der Waals surface area (Å²) in [6.45, 7) is 0. The molecule has 48 heavy (non-hydrogen) atoms. The number of hydrogen-bond donors (Lipinski definition) is 0. The molecule has 0 bridgehead atoms. The van der Waals surface area contributed by atoms with Crippen molar-refractivity contribution in [1.82, 2.24) is 9.97 Å². The Morgan fingerprint density at radius 1 is 0.250 bits per heavy atom. The minimum absolute atomic E-state index is 0.712. The normalized spacial score (nSPS) is 11.3. The van der Waals surface area contributed by atoms with Gasteiger partial charge in [-0.05, 0) is 66.7 Å². The minimum atomic E-state index is 0.712. The Hall–Kier alpha value is -6.38. The molecule has 224 valence electrons. The fourth-order valence-electron chi connectivity index (χ4n) is 7.04. The monoisotopic (exact) mass is 610 g/mol. The maximum absolute atomic E-state index is 5.18. The molecule has 9 rings (SSSR count). The lowest BCUT2D eigenvalue weighted by Gasteiger charge is -2.17. The van der Waals surface area contributed by atoms with Crippen molar-refractivity contribution in [2.24, 2.45) is 0 Å². The highest BCUT2D eigenvalue weighted by Gasteiger charge is 2.17. The van der Waals surface area contributed by atoms with Crippen molar-refractivity contribution >= 4 is 32.3 Å². The number of aromatic nitrogens is 2. The molecule has 0 aliphatic carbocycles. The molecule has 0 radical (unpaired) electrons. The predicted octanol–water partition coefficient (Wildman–Crippen LogP) is 12.3. The number of nitrogens with zero attached hydrogens (tertiary/aromatic N) is 2. The van der Waals surface area contributed by atoms with E-state index in [1.807, 2.05) is 24.3 Å². The topological polar surface area (TPSA) is 25.8 Å². The van der Waals surface area contributed by atoms with E-state index in [4.69, 9.17) is 9.97 Å². The van der Waals surface area contributed by atoms with E-state index in [0.29, 0.717) is 5.82 Å². The second kappa shape index (κ2) is 11.8. The fraction of sp³-hybridized carbons (Fsp3) is 0. The van der Waals surface area contributed by atoms with Crippen LogP contribution in [0, 0.1) is 0 Å². The van der Waals surface area contributed by atoms with Gasteiger partial charge < -0.3 is 0 Å². The third kappa shape index (κ3) is 4.83. The molecule has 0 N–H and O–H groups in total. The van der Waals surface area contributed by atoms with Crippen LogP contribution in [0.25, 0.3) is 88.5 Å². The van der Waals surface area contributed by atoms with Crippen LogP contribution in [0.4, 0.5) is 0 Å². The molecule has 9 aromatic rings. The Bertz CT molecular complexity index is 2510. The van der Waals surface area contributed by atoms with Gasteiger partial charge in [0.1, 0.15) is 0 Å². The van der Waals surface area contributed by atoms with Gasteiger partial charge in [0.15, 0.2) is 5.82 Å². The van der Waals surface area contributed by atoms with Crippen molar-refractivity contribution in [3.05, 3.63) is 182 Å². The van der Waals surface area contributed by atoms with Crippen LogP contribution in [0.1, 0.15) is 0 Å². The molecule has 0 unspecified atom stereocenters. The van der Waals surface area contributed by atoms with E-state index in [-0.39, 0.29) is 0 Å². The third-order valence-corrected chi connectivity index (χ3v) is 9.30. The van der Waals surface area contributed by atoms with Crippen LogP contribution in [0.15, 0.2) is 182 Å². The third-order valence-electron chi connectivity index (χ3n) is 9.30. The summed E-state index contributed by atoms with van der Waals surface area (Å²) in [6.07, 6.45) is 0. The van der Waals surface area contributed by atoms with Crippen molar-refractivity contribution in [2.45, 2.75) is 0 Å². The van der Waals surface area contributed by atoms with Gasteiger partial charge in [0, 0.05) is 16.7 Å². The van der Waals surface area contributed by atoms with Crippen LogP contribution in [0.2, 0.25) is 0 Å². The lowest BCUT2D eigenvalue weighted by Crippen LogP contribution is -1.97. The molecule has 0 amide bonds. The largest absolute Gasteiger partial charge is 0.228 e. The first-order valence-electron chi connectivity index (χ1n) is 16.3. The minimum Gasteiger partial charge on any atom is -0.228 e. The zero-order valence-electron chi connectivity index (χ0n) is 26.2. The van der Waals surface area contributed by atoms with Gasteiger partial charge in [0.2, 0.25) is 0 Å². The average molecular weight is 611 g/mol. The smallest absolute Gasteiger partial charge is 0.160 e. The van der Waals surface area contributed by atoms with Crippen molar-refractivity contribution < 1.29 is 0 Å². The van der Waals surface area contributed by atoms with E-state index in [1.165, 1.54) is 49.0 Å². The Labute approximate surface area is 279 Å². The summed E-state index contributed by atoms with van der Waals surface area (Å²) in [4.78, 5) is 10.2. The summed E-state index contributed by atoms with van der Waals surface area (Å²) in [7, 11) is 0. The Balaban J connectivity index is 1.25. The van der Waals surface area contributed by atoms with Gasteiger partial charge in [0.05, 0.1) is 11.4 Å². The highest BCUT2D eigenvalue weighted by molar-refractivity contribution is 6.25. The zero-order valence-corrected chi connectivity index (χ0v) is 26.2. The van der Waals surface area contributed by atoms with E-state index in [1.54, 1.807) is 0 Å². The molecule has 0 spiro atoms. The Morgan fingerprint density at radius 3 is 1.31 bits per heavy atom. The van der Waals surface area contributed by atoms with Gasteiger partial charge in [-0.2, -0.15) is 0 Å². The molecule has 0 aliphatic heterocycles. The van der Waals surface area contributed by atoms with E-state index in [0.717, 1.165) is 33.6 Å². The molecule has 0 atom stereocenters. The van der Waals surface area contributed by atoms with Crippen LogP contribution in [-0.4, -0.2) is 9.97 Å². The van der Waals surface area contributed by atoms with E-state index < -0.39 is 0 Å². The standard InChI is InChI=1S/C46H30N2/c1-3-15-31(16-4-1)44-30-45(48-46(47-44)32-17-5-2-6-18-32)42-26-14-13-24-39(42)35-20-8-7-19-34(35)33-27-28-41-38-23-10-9-21-36(38)37-22-11-12-25-40(37)43(41)29-33/h1-30H. The van der Waals surface area contributed by atoms with Crippen molar-refractivity contribution in [3.63, 3.8) is 0 Å². The first-order valence-corrected chi connectivity index (χ1v) is 16.3. The summed E-state index contributed by atoms with van der Waals surface area (Å²) >= 11 is 0. The second-order valence-corrected chi connectivity index (χ2v) is 12.1. The highest BCUT2D eigenvalue weighted by Crippen LogP contribution is 2.41. The number of benzene rings is 8. The van der Waals surface area contributed by atoms with E-state index in [9.17, 15) is 0 Å². The van der Waals surface area contributed by atoms with Crippen molar-refractivity contribution in [2.75, 3.05) is 0 Å². The number of hydrogen-bond acceptors (Lipinski definition) is 2. The van der Waals surface area contributed by atoms with Crippen molar-refractivity contribution in [1.29, 1.82) is 0 Å². The molecule has 1 heterocycles. The molecule has 8 aromatic carbocycles. The van der Waals surface area contributed by atoms with Gasteiger partial charge in [-0.1, -0.05) is 170 Å². The van der Waals surface area contributed by atoms with Crippen LogP contribution < -0.4 is 0 Å². The highest BCUT2D eigenvalue weighted by atomic mass is 14.9. The van der Waals surface area contributed by atoms with Gasteiger partial charge >= 0.3 is 0 Å². The molecule has 0 saturated heterocycles. The zero-order chi connectivity index (χ0) is 31.9. The van der Waals surface area contributed by atoms with Crippen LogP contribution in [0.5, 0.6) is 0 Å². The molecule has 1 aromatic heterocycles. The number of fused-ring (bicyclic) bond motifs is 6. The quantitative estimate of drug-likeness (QED) is 0.181. The maximum Gasteiger partial charge on any atom is 0.160 e. The van der Waals surface area contributed by atoms with Gasteiger partial charge in [0.25, 0.3) is 0 Å². The Morgan fingerprint density at radius 2 is 0.688 bits per heavy atom. The molecular weight excluding hydrogens is 581 g/mol. The molecule has 2 nitrogen and oxygen atoms in total. The molecule has 0 aliphatic rings. The second-order valence-electron chi connectivity index (χ2n) is 12.1. The summed E-state index contributed by atoms with van der Waals surface area (Å²) in [5.74, 6) is 0.712. The van der Waals surface area contributed by atoms with Crippen molar-refractivity contribution in [3.8, 4) is 56.2 Å². The summed E-state index contributed by atoms with van der Waals surface area (Å²) in [5, 5.41) is 7.66. The summed E-state index contributed by atoms with van der Waals surface area (Å²) < 4.78 is 0. The van der Waals surface area contributed by atoms with Crippen LogP contribution in [0.3, 0.4) is 0 Å². The maximum atomic E-state index is 5.18. The average Bonchev–Trinajstić information content (AvgIpc) is 3.18. The molecule has 0 saturated carbocycles. The lowest BCUT2D eigenvalue weighted by atomic mass is 9.88. The van der Waals surface area contributed by atoms with E-state index in [2.05, 4.69) is 158 Å². The molecular formula is C46H30N2. The van der Waals surface area contributed by atoms with Crippen LogP contribution >= 0.6 is 0 Å². The first-order chi connectivity index (χ1) is 23.8. The molecule has 0 fully saturated rings. The summed E-state index contributed by atoms with van der Waals surface area (Å²) in [5.41, 5.74) is 9.58. The summed E-state index contributed by atoms with van der Waals surface area (Å²) in [6, 6.07) is 64.5. The number of rotatable bonds is 5. The van der Waals surface area contributed by atoms with Gasteiger partial charge in [-0.3, -0.25) is 0 Å². The lowest BCUT2D eigenvalue weighted by molar-refractivity contribution is 1.18. The molecule has 2 heteroatoms. The fourth-order valence-corrected chi connectivity index (χ4v) is 7.04. The van der Waals surface area contributed by atoms with Gasteiger partial charge in [-0.15, -0.1) is 0 Å². The van der Waals surface area contributed by atoms with Crippen LogP contribution in [-0.2, 0) is 0 Å². The van der Waals surface area contributed by atoms with E-state index >= 15 is 0 Å². The van der Waals surface area contributed by atoms with Gasteiger partial charge in [-0.25, -0.2) is 9.97 Å².